The van der Waals surface area contributed by atoms with Gasteiger partial charge >= 0.3 is 0 Å². The molecule has 0 saturated carbocycles. The summed E-state index contributed by atoms with van der Waals surface area (Å²) in [5.41, 5.74) is 4.60. The summed E-state index contributed by atoms with van der Waals surface area (Å²) in [6.45, 7) is 3.89. The maximum atomic E-state index is 13.5. The predicted molar refractivity (Wildman–Crippen MR) is 142 cm³/mol. The van der Waals surface area contributed by atoms with Crippen LogP contribution in [0.5, 0.6) is 0 Å². The molecule has 0 aliphatic carbocycles. The second kappa shape index (κ2) is 10.1. The lowest BCUT2D eigenvalue weighted by Crippen LogP contribution is -2.32. The standard InChI is InChI=1S/C29H26FN5O2/c1-3-19-9-11-20(12-10-19)26-25(29(37)34-22-7-5-4-6-8-22)18(2)32-27-24(17-31-35(26)27)28(36)33-23-15-13-21(30)14-16-23/h4-17,26,32H,3H2,1-2H3,(H,33,36)(H,34,37). The van der Waals surface area contributed by atoms with Crippen LogP contribution in [0.25, 0.3) is 0 Å². The SMILES string of the molecule is CCc1ccc(C2C(C(=O)Nc3ccccc3)=C(C)Nc3c(C(=O)Nc4ccc(F)cc4)cnn32)cc1. The zero-order chi connectivity index (χ0) is 25.9. The minimum absolute atomic E-state index is 0.265. The highest BCUT2D eigenvalue weighted by Gasteiger charge is 2.35. The van der Waals surface area contributed by atoms with E-state index in [2.05, 4.69) is 28.0 Å². The molecule has 1 aliphatic rings. The Morgan fingerprint density at radius 3 is 2.24 bits per heavy atom. The first-order valence-corrected chi connectivity index (χ1v) is 12.0. The van der Waals surface area contributed by atoms with Crippen LogP contribution in [0.4, 0.5) is 21.6 Å². The zero-order valence-electron chi connectivity index (χ0n) is 20.5. The first kappa shape index (κ1) is 24.0. The van der Waals surface area contributed by atoms with Gasteiger partial charge in [0, 0.05) is 17.1 Å². The fourth-order valence-electron chi connectivity index (χ4n) is 4.41. The van der Waals surface area contributed by atoms with Gasteiger partial charge in [0.05, 0.1) is 11.8 Å². The number of hydrogen-bond acceptors (Lipinski definition) is 4. The third-order valence-corrected chi connectivity index (χ3v) is 6.35. The fourth-order valence-corrected chi connectivity index (χ4v) is 4.41. The van der Waals surface area contributed by atoms with Gasteiger partial charge in [0.2, 0.25) is 0 Å². The predicted octanol–water partition coefficient (Wildman–Crippen LogP) is 5.76. The maximum Gasteiger partial charge on any atom is 0.261 e. The Kier molecular flexibility index (Phi) is 6.55. The van der Waals surface area contributed by atoms with Crippen LogP contribution < -0.4 is 16.0 Å². The highest BCUT2D eigenvalue weighted by Crippen LogP contribution is 2.38. The number of anilines is 3. The molecule has 0 spiro atoms. The number of fused-ring (bicyclic) bond motifs is 1. The van der Waals surface area contributed by atoms with Crippen LogP contribution in [-0.2, 0) is 11.2 Å². The van der Waals surface area contributed by atoms with Gasteiger partial charge in [0.15, 0.2) is 0 Å². The zero-order valence-corrected chi connectivity index (χ0v) is 20.5. The van der Waals surface area contributed by atoms with Crippen molar-refractivity contribution in [3.05, 3.63) is 119 Å². The number of halogens is 1. The number of aromatic nitrogens is 2. The number of nitrogens with zero attached hydrogens (tertiary/aromatic N) is 2. The molecule has 0 radical (unpaired) electrons. The average Bonchev–Trinajstić information content (AvgIpc) is 3.33. The van der Waals surface area contributed by atoms with Crippen molar-refractivity contribution < 1.29 is 14.0 Å². The quantitative estimate of drug-likeness (QED) is 0.317. The molecule has 186 valence electrons. The summed E-state index contributed by atoms with van der Waals surface area (Å²) < 4.78 is 14.9. The van der Waals surface area contributed by atoms with Gasteiger partial charge in [-0.3, -0.25) is 9.59 Å². The van der Waals surface area contributed by atoms with Gasteiger partial charge in [-0.1, -0.05) is 49.4 Å². The molecule has 1 aliphatic heterocycles. The van der Waals surface area contributed by atoms with Crippen LogP contribution in [0.2, 0.25) is 0 Å². The molecule has 2 heterocycles. The molecule has 1 atom stereocenters. The van der Waals surface area contributed by atoms with E-state index < -0.39 is 11.9 Å². The average molecular weight is 496 g/mol. The number of aryl methyl sites for hydroxylation is 1. The van der Waals surface area contributed by atoms with Gasteiger partial charge in [-0.2, -0.15) is 5.10 Å². The molecule has 3 N–H and O–H groups in total. The van der Waals surface area contributed by atoms with E-state index in [9.17, 15) is 14.0 Å². The molecular formula is C29H26FN5O2. The monoisotopic (exact) mass is 495 g/mol. The smallest absolute Gasteiger partial charge is 0.261 e. The lowest BCUT2D eigenvalue weighted by molar-refractivity contribution is -0.113. The third kappa shape index (κ3) is 4.86. The number of allylic oxidation sites excluding steroid dienone is 1. The molecule has 0 saturated heterocycles. The Hall–Kier alpha value is -4.72. The van der Waals surface area contributed by atoms with Crippen molar-refractivity contribution in [2.45, 2.75) is 26.3 Å². The number of carbonyl (C=O) groups is 2. The Bertz CT molecular complexity index is 1480. The van der Waals surface area contributed by atoms with E-state index in [-0.39, 0.29) is 11.7 Å². The van der Waals surface area contributed by atoms with Gasteiger partial charge in [0.25, 0.3) is 11.8 Å². The minimum atomic E-state index is -0.557. The highest BCUT2D eigenvalue weighted by molar-refractivity contribution is 6.09. The summed E-state index contributed by atoms with van der Waals surface area (Å²) in [7, 11) is 0. The second-order valence-electron chi connectivity index (χ2n) is 8.79. The van der Waals surface area contributed by atoms with Crippen LogP contribution in [0.1, 0.15) is 41.4 Å². The summed E-state index contributed by atoms with van der Waals surface area (Å²) in [6.07, 6.45) is 2.36. The van der Waals surface area contributed by atoms with Crippen LogP contribution in [-0.4, -0.2) is 21.6 Å². The topological polar surface area (TPSA) is 88.1 Å². The molecule has 1 unspecified atom stereocenters. The Morgan fingerprint density at radius 1 is 0.919 bits per heavy atom. The van der Waals surface area contributed by atoms with E-state index in [1.807, 2.05) is 61.5 Å². The number of nitrogens with one attached hydrogen (secondary N) is 3. The summed E-state index contributed by atoms with van der Waals surface area (Å²) in [6, 6.07) is 22.3. The van der Waals surface area contributed by atoms with Crippen molar-refractivity contribution >= 4 is 29.0 Å². The molecule has 0 bridgehead atoms. The lowest BCUT2D eigenvalue weighted by atomic mass is 9.93. The van der Waals surface area contributed by atoms with Crippen molar-refractivity contribution in [3.63, 3.8) is 0 Å². The van der Waals surface area contributed by atoms with Crippen LogP contribution in [0.15, 0.2) is 96.3 Å². The Labute approximate surface area is 214 Å². The van der Waals surface area contributed by atoms with Gasteiger partial charge in [-0.05, 0) is 60.9 Å². The number of rotatable bonds is 6. The van der Waals surface area contributed by atoms with Gasteiger partial charge < -0.3 is 16.0 Å². The molecule has 2 amide bonds. The largest absolute Gasteiger partial charge is 0.343 e. The molecule has 4 aromatic rings. The van der Waals surface area contributed by atoms with Crippen LogP contribution in [0, 0.1) is 5.82 Å². The van der Waals surface area contributed by atoms with E-state index in [1.54, 1.807) is 4.68 Å². The molecule has 37 heavy (non-hydrogen) atoms. The van der Waals surface area contributed by atoms with Crippen molar-refractivity contribution in [1.29, 1.82) is 0 Å². The van der Waals surface area contributed by atoms with Crippen molar-refractivity contribution in [1.82, 2.24) is 9.78 Å². The maximum absolute atomic E-state index is 13.5. The molecule has 1 aromatic heterocycles. The van der Waals surface area contributed by atoms with Crippen molar-refractivity contribution in [2.24, 2.45) is 0 Å². The fraction of sp³-hybridized carbons (Fsp3) is 0.138. The second-order valence-corrected chi connectivity index (χ2v) is 8.79. The van der Waals surface area contributed by atoms with Gasteiger partial charge in [0.1, 0.15) is 23.2 Å². The molecule has 0 fully saturated rings. The van der Waals surface area contributed by atoms with Gasteiger partial charge in [-0.25, -0.2) is 9.07 Å². The highest BCUT2D eigenvalue weighted by atomic mass is 19.1. The molecule has 7 nitrogen and oxygen atoms in total. The normalized spacial score (nSPS) is 14.5. The number of carbonyl (C=O) groups excluding carboxylic acids is 2. The summed E-state index contributed by atoms with van der Waals surface area (Å²) in [5, 5.41) is 13.5. The van der Waals surface area contributed by atoms with E-state index in [0.29, 0.717) is 34.0 Å². The Balaban J connectivity index is 1.53. The number of amides is 2. The van der Waals surface area contributed by atoms with Crippen molar-refractivity contribution in [2.75, 3.05) is 16.0 Å². The van der Waals surface area contributed by atoms with Crippen LogP contribution in [0.3, 0.4) is 0 Å². The summed E-state index contributed by atoms with van der Waals surface area (Å²) in [4.78, 5) is 26.7. The van der Waals surface area contributed by atoms with E-state index >= 15 is 0 Å². The molecule has 5 rings (SSSR count). The van der Waals surface area contributed by atoms with Gasteiger partial charge in [-0.15, -0.1) is 0 Å². The van der Waals surface area contributed by atoms with Crippen molar-refractivity contribution in [3.8, 4) is 0 Å². The first-order valence-electron chi connectivity index (χ1n) is 12.0. The summed E-state index contributed by atoms with van der Waals surface area (Å²) in [5.74, 6) is -0.579. The number of hydrogen-bond donors (Lipinski definition) is 3. The Morgan fingerprint density at radius 2 is 1.57 bits per heavy atom. The van der Waals surface area contributed by atoms with E-state index in [1.165, 1.54) is 36.0 Å². The van der Waals surface area contributed by atoms with E-state index in [0.717, 1.165) is 12.0 Å². The summed E-state index contributed by atoms with van der Waals surface area (Å²) >= 11 is 0. The minimum Gasteiger partial charge on any atom is -0.343 e. The first-order chi connectivity index (χ1) is 17.9. The number of para-hydroxylation sites is 1. The lowest BCUT2D eigenvalue weighted by Gasteiger charge is -2.30. The van der Waals surface area contributed by atoms with Crippen LogP contribution >= 0.6 is 0 Å². The molecular weight excluding hydrogens is 469 g/mol. The molecule has 8 heteroatoms. The van der Waals surface area contributed by atoms with E-state index in [4.69, 9.17) is 0 Å². The number of benzene rings is 3. The third-order valence-electron chi connectivity index (χ3n) is 6.35. The molecule has 3 aromatic carbocycles.